The van der Waals surface area contributed by atoms with Gasteiger partial charge in [0.25, 0.3) is 5.91 Å². The molecule has 0 atom stereocenters. The lowest BCUT2D eigenvalue weighted by molar-refractivity contribution is 0.0953. The summed E-state index contributed by atoms with van der Waals surface area (Å²) >= 11 is 0. The van der Waals surface area contributed by atoms with E-state index in [9.17, 15) is 13.2 Å². The minimum absolute atomic E-state index is 0.0808. The third kappa shape index (κ3) is 6.47. The van der Waals surface area contributed by atoms with Crippen LogP contribution in [0.25, 0.3) is 0 Å². The van der Waals surface area contributed by atoms with Gasteiger partial charge in [-0.3, -0.25) is 4.79 Å². The van der Waals surface area contributed by atoms with Crippen molar-refractivity contribution in [3.63, 3.8) is 0 Å². The largest absolute Gasteiger partial charge is 0.490 e. The summed E-state index contributed by atoms with van der Waals surface area (Å²) in [5, 5.41) is 2.72. The number of benzene rings is 2. The van der Waals surface area contributed by atoms with E-state index in [4.69, 9.17) is 9.47 Å². The van der Waals surface area contributed by atoms with Gasteiger partial charge in [-0.1, -0.05) is 19.1 Å². The maximum atomic E-state index is 12.5. The van der Waals surface area contributed by atoms with Gasteiger partial charge in [0.15, 0.2) is 11.5 Å². The summed E-state index contributed by atoms with van der Waals surface area (Å²) in [5.74, 6) is 0.787. The van der Waals surface area contributed by atoms with Crippen molar-refractivity contribution in [2.24, 2.45) is 0 Å². The van der Waals surface area contributed by atoms with Crippen LogP contribution in [-0.2, 0) is 10.0 Å². The lowest BCUT2D eigenvalue weighted by Crippen LogP contribution is -2.35. The van der Waals surface area contributed by atoms with Crippen LogP contribution in [-0.4, -0.2) is 40.6 Å². The molecule has 0 radical (unpaired) electrons. The van der Waals surface area contributed by atoms with E-state index in [0.717, 1.165) is 12.0 Å². The zero-order valence-electron chi connectivity index (χ0n) is 17.9. The van der Waals surface area contributed by atoms with Gasteiger partial charge in [-0.05, 0) is 62.6 Å². The molecular weight excluding hydrogens is 404 g/mol. The van der Waals surface area contributed by atoms with Crippen molar-refractivity contribution in [3.05, 3.63) is 53.1 Å². The van der Waals surface area contributed by atoms with E-state index < -0.39 is 10.0 Å². The zero-order valence-corrected chi connectivity index (χ0v) is 18.8. The summed E-state index contributed by atoms with van der Waals surface area (Å²) in [7, 11) is -3.64. The number of hydrogen-bond acceptors (Lipinski definition) is 5. The molecule has 164 valence electrons. The van der Waals surface area contributed by atoms with Gasteiger partial charge < -0.3 is 14.8 Å². The van der Waals surface area contributed by atoms with E-state index >= 15 is 0 Å². The number of hydrogen-bond donors (Lipinski definition) is 2. The molecule has 2 aromatic carbocycles. The molecule has 8 heteroatoms. The molecule has 2 N–H and O–H groups in total. The van der Waals surface area contributed by atoms with E-state index in [1.807, 2.05) is 26.8 Å². The lowest BCUT2D eigenvalue weighted by atomic mass is 10.2. The van der Waals surface area contributed by atoms with Gasteiger partial charge in [-0.2, -0.15) is 0 Å². The molecule has 0 unspecified atom stereocenters. The summed E-state index contributed by atoms with van der Waals surface area (Å²) in [4.78, 5) is 12.7. The van der Waals surface area contributed by atoms with E-state index in [-0.39, 0.29) is 23.9 Å². The number of amides is 1. The van der Waals surface area contributed by atoms with E-state index in [1.165, 1.54) is 0 Å². The molecule has 1 amide bonds. The summed E-state index contributed by atoms with van der Waals surface area (Å²) in [5.41, 5.74) is 1.95. The van der Waals surface area contributed by atoms with Crippen LogP contribution < -0.4 is 19.5 Å². The highest BCUT2D eigenvalue weighted by Crippen LogP contribution is 2.28. The fraction of sp³-hybridized carbons (Fsp3) is 0.409. The summed E-state index contributed by atoms with van der Waals surface area (Å²) in [6, 6.07) is 10.3. The fourth-order valence-corrected chi connectivity index (χ4v) is 4.15. The van der Waals surface area contributed by atoms with Crippen LogP contribution in [0.1, 0.15) is 41.8 Å². The maximum Gasteiger partial charge on any atom is 0.251 e. The van der Waals surface area contributed by atoms with Gasteiger partial charge in [0.05, 0.1) is 18.1 Å². The van der Waals surface area contributed by atoms with Gasteiger partial charge in [-0.25, -0.2) is 13.1 Å². The van der Waals surface area contributed by atoms with Gasteiger partial charge in [0.2, 0.25) is 10.0 Å². The Morgan fingerprint density at radius 3 is 2.43 bits per heavy atom. The Hall–Kier alpha value is -2.58. The minimum atomic E-state index is -3.64. The monoisotopic (exact) mass is 434 g/mol. The second-order valence-electron chi connectivity index (χ2n) is 6.87. The lowest BCUT2D eigenvalue weighted by Gasteiger charge is -2.13. The molecular formula is C22H30N2O5S. The van der Waals surface area contributed by atoms with Crippen LogP contribution in [0, 0.1) is 13.8 Å². The second kappa shape index (κ2) is 11.0. The molecule has 0 heterocycles. The normalized spacial score (nSPS) is 11.2. The van der Waals surface area contributed by atoms with Crippen LogP contribution in [0.5, 0.6) is 11.5 Å². The molecule has 0 saturated heterocycles. The molecule has 30 heavy (non-hydrogen) atoms. The third-order valence-corrected chi connectivity index (χ3v) is 5.91. The van der Waals surface area contributed by atoms with E-state index in [2.05, 4.69) is 10.0 Å². The van der Waals surface area contributed by atoms with Crippen molar-refractivity contribution in [3.8, 4) is 11.5 Å². The minimum Gasteiger partial charge on any atom is -0.490 e. The molecule has 0 bridgehead atoms. The van der Waals surface area contributed by atoms with Crippen LogP contribution in [0.3, 0.4) is 0 Å². The van der Waals surface area contributed by atoms with Crippen molar-refractivity contribution < 1.29 is 22.7 Å². The predicted octanol–water partition coefficient (Wildman–Crippen LogP) is 3.20. The molecule has 0 aromatic heterocycles. The SMILES string of the molecule is CCCOc1ccc(C(=O)NCCNS(=O)(=O)c2cc(C)ccc2C)cc1OCC. The van der Waals surface area contributed by atoms with Gasteiger partial charge in [0, 0.05) is 18.7 Å². The van der Waals surface area contributed by atoms with E-state index in [0.29, 0.717) is 35.8 Å². The van der Waals surface area contributed by atoms with Crippen LogP contribution >= 0.6 is 0 Å². The highest BCUT2D eigenvalue weighted by Gasteiger charge is 2.17. The number of sulfonamides is 1. The van der Waals surface area contributed by atoms with Crippen molar-refractivity contribution in [2.45, 2.75) is 39.0 Å². The predicted molar refractivity (Wildman–Crippen MR) is 117 cm³/mol. The smallest absolute Gasteiger partial charge is 0.251 e. The topological polar surface area (TPSA) is 93.7 Å². The average molecular weight is 435 g/mol. The summed E-state index contributed by atoms with van der Waals surface area (Å²) in [6.45, 7) is 8.71. The Bertz CT molecular complexity index is 973. The van der Waals surface area contributed by atoms with Crippen molar-refractivity contribution in [1.29, 1.82) is 0 Å². The standard InChI is InChI=1S/C22H30N2O5S/c1-5-13-29-19-10-9-18(15-20(19)28-6-2)22(25)23-11-12-24-30(26,27)21-14-16(3)7-8-17(21)4/h7-10,14-15,24H,5-6,11-13H2,1-4H3,(H,23,25). The molecule has 2 aromatic rings. The highest BCUT2D eigenvalue weighted by molar-refractivity contribution is 7.89. The number of carbonyl (C=O) groups is 1. The van der Waals surface area contributed by atoms with Crippen LogP contribution in [0.2, 0.25) is 0 Å². The maximum absolute atomic E-state index is 12.5. The average Bonchev–Trinajstić information content (AvgIpc) is 2.72. The molecule has 0 aliphatic rings. The Morgan fingerprint density at radius 2 is 1.73 bits per heavy atom. The second-order valence-corrected chi connectivity index (χ2v) is 8.60. The Morgan fingerprint density at radius 1 is 0.967 bits per heavy atom. The first-order chi connectivity index (χ1) is 14.3. The first-order valence-electron chi connectivity index (χ1n) is 10.0. The van der Waals surface area contributed by atoms with Crippen molar-refractivity contribution >= 4 is 15.9 Å². The molecule has 0 fully saturated rings. The number of rotatable bonds is 11. The zero-order chi connectivity index (χ0) is 22.1. The van der Waals surface area contributed by atoms with Crippen molar-refractivity contribution in [1.82, 2.24) is 10.0 Å². The molecule has 0 aliphatic carbocycles. The highest BCUT2D eigenvalue weighted by atomic mass is 32.2. The molecule has 0 saturated carbocycles. The Balaban J connectivity index is 1.95. The van der Waals surface area contributed by atoms with Gasteiger partial charge >= 0.3 is 0 Å². The molecule has 0 spiro atoms. The van der Waals surface area contributed by atoms with Crippen LogP contribution in [0.4, 0.5) is 0 Å². The number of nitrogens with one attached hydrogen (secondary N) is 2. The number of carbonyl (C=O) groups excluding carboxylic acids is 1. The molecule has 2 rings (SSSR count). The fourth-order valence-electron chi connectivity index (χ4n) is 2.79. The summed E-state index contributed by atoms with van der Waals surface area (Å²) < 4.78 is 38.7. The number of aryl methyl sites for hydroxylation is 2. The molecule has 7 nitrogen and oxygen atoms in total. The van der Waals surface area contributed by atoms with Gasteiger partial charge in [0.1, 0.15) is 0 Å². The van der Waals surface area contributed by atoms with Crippen LogP contribution in [0.15, 0.2) is 41.3 Å². The number of ether oxygens (including phenoxy) is 2. The Kier molecular flexibility index (Phi) is 8.68. The molecule has 0 aliphatic heterocycles. The van der Waals surface area contributed by atoms with E-state index in [1.54, 1.807) is 37.3 Å². The van der Waals surface area contributed by atoms with Crippen molar-refractivity contribution in [2.75, 3.05) is 26.3 Å². The third-order valence-electron chi connectivity index (χ3n) is 4.30. The Labute approximate surface area is 178 Å². The van der Waals surface area contributed by atoms with Gasteiger partial charge in [-0.15, -0.1) is 0 Å². The quantitative estimate of drug-likeness (QED) is 0.530. The summed E-state index contributed by atoms with van der Waals surface area (Å²) in [6.07, 6.45) is 0.867. The first kappa shape index (κ1) is 23.7. The first-order valence-corrected chi connectivity index (χ1v) is 11.5.